The molecule has 2 heterocycles. The standard InChI is InChI=1S/C16H25N3O2/c1-2-21-16(7-9-20-10-8-16)15-18-11-12-13(17)5-3-4-6-14(12)19-15/h11,13H,2-10,17H2,1H3. The van der Waals surface area contributed by atoms with Gasteiger partial charge in [-0.2, -0.15) is 0 Å². The smallest absolute Gasteiger partial charge is 0.160 e. The van der Waals surface area contributed by atoms with E-state index in [0.29, 0.717) is 19.8 Å². The number of nitrogens with two attached hydrogens (primary N) is 1. The number of aryl methyl sites for hydroxylation is 1. The van der Waals surface area contributed by atoms with E-state index >= 15 is 0 Å². The first-order valence-corrected chi connectivity index (χ1v) is 8.09. The fourth-order valence-corrected chi connectivity index (χ4v) is 3.38. The average Bonchev–Trinajstić information content (AvgIpc) is 2.70. The molecule has 1 fully saturated rings. The molecular formula is C16H25N3O2. The fourth-order valence-electron chi connectivity index (χ4n) is 3.38. The Hall–Kier alpha value is -1.04. The molecule has 0 spiro atoms. The van der Waals surface area contributed by atoms with Gasteiger partial charge < -0.3 is 15.2 Å². The molecule has 0 bridgehead atoms. The van der Waals surface area contributed by atoms with Crippen molar-refractivity contribution in [1.29, 1.82) is 0 Å². The molecule has 116 valence electrons. The van der Waals surface area contributed by atoms with Gasteiger partial charge in [-0.3, -0.25) is 0 Å². The number of ether oxygens (including phenoxy) is 2. The highest BCUT2D eigenvalue weighted by molar-refractivity contribution is 5.24. The lowest BCUT2D eigenvalue weighted by molar-refractivity contribution is -0.118. The molecule has 2 aliphatic rings. The Balaban J connectivity index is 1.95. The lowest BCUT2D eigenvalue weighted by Gasteiger charge is -2.35. The van der Waals surface area contributed by atoms with Crippen molar-refractivity contribution in [2.24, 2.45) is 5.73 Å². The van der Waals surface area contributed by atoms with Crippen LogP contribution in [0.5, 0.6) is 0 Å². The van der Waals surface area contributed by atoms with Crippen LogP contribution in [0.1, 0.15) is 62.2 Å². The van der Waals surface area contributed by atoms with Crippen LogP contribution in [0, 0.1) is 0 Å². The molecule has 0 radical (unpaired) electrons. The molecule has 3 rings (SSSR count). The Kier molecular flexibility index (Phi) is 4.52. The lowest BCUT2D eigenvalue weighted by atomic mass is 9.92. The number of fused-ring (bicyclic) bond motifs is 1. The van der Waals surface area contributed by atoms with E-state index in [9.17, 15) is 0 Å². The van der Waals surface area contributed by atoms with Crippen LogP contribution in [-0.2, 0) is 21.5 Å². The maximum atomic E-state index is 6.24. The average molecular weight is 291 g/mol. The minimum absolute atomic E-state index is 0.0780. The number of hydrogen-bond acceptors (Lipinski definition) is 5. The highest BCUT2D eigenvalue weighted by Gasteiger charge is 2.38. The zero-order valence-corrected chi connectivity index (χ0v) is 12.8. The van der Waals surface area contributed by atoms with Gasteiger partial charge >= 0.3 is 0 Å². The van der Waals surface area contributed by atoms with E-state index in [1.54, 1.807) is 0 Å². The molecule has 1 unspecified atom stereocenters. The molecule has 5 nitrogen and oxygen atoms in total. The second-order valence-electron chi connectivity index (χ2n) is 5.99. The van der Waals surface area contributed by atoms with Crippen molar-refractivity contribution >= 4 is 0 Å². The number of nitrogens with zero attached hydrogens (tertiary/aromatic N) is 2. The van der Waals surface area contributed by atoms with Crippen LogP contribution in [0.3, 0.4) is 0 Å². The Bertz CT molecular complexity index is 481. The fraction of sp³-hybridized carbons (Fsp3) is 0.750. The zero-order valence-electron chi connectivity index (χ0n) is 12.8. The maximum Gasteiger partial charge on any atom is 0.160 e. The van der Waals surface area contributed by atoms with E-state index in [2.05, 4.69) is 4.98 Å². The van der Waals surface area contributed by atoms with Gasteiger partial charge in [0.1, 0.15) is 5.60 Å². The number of aromatic nitrogens is 2. The van der Waals surface area contributed by atoms with Crippen LogP contribution < -0.4 is 5.73 Å². The van der Waals surface area contributed by atoms with Gasteiger partial charge in [0.2, 0.25) is 0 Å². The van der Waals surface area contributed by atoms with Crippen LogP contribution in [0.4, 0.5) is 0 Å². The van der Waals surface area contributed by atoms with Crippen molar-refractivity contribution < 1.29 is 9.47 Å². The van der Waals surface area contributed by atoms with Crippen molar-refractivity contribution in [3.63, 3.8) is 0 Å². The van der Waals surface area contributed by atoms with E-state index in [0.717, 1.165) is 55.6 Å². The van der Waals surface area contributed by atoms with Gasteiger partial charge in [-0.25, -0.2) is 9.97 Å². The second kappa shape index (κ2) is 6.38. The molecule has 2 N–H and O–H groups in total. The monoisotopic (exact) mass is 291 g/mol. The minimum atomic E-state index is -0.377. The van der Waals surface area contributed by atoms with Crippen LogP contribution in [0.2, 0.25) is 0 Å². The second-order valence-corrected chi connectivity index (χ2v) is 5.99. The molecule has 5 heteroatoms. The normalized spacial score (nSPS) is 25.1. The predicted octanol–water partition coefficient (Wildman–Crippen LogP) is 2.25. The summed E-state index contributed by atoms with van der Waals surface area (Å²) >= 11 is 0. The summed E-state index contributed by atoms with van der Waals surface area (Å²) in [5.74, 6) is 0.820. The molecular weight excluding hydrogens is 266 g/mol. The SMILES string of the molecule is CCOC1(c2ncc3c(n2)CCCCC3N)CCOCC1. The first-order chi connectivity index (χ1) is 10.2. The lowest BCUT2D eigenvalue weighted by Crippen LogP contribution is -2.38. The molecule has 1 aromatic heterocycles. The third-order valence-electron chi connectivity index (χ3n) is 4.61. The highest BCUT2D eigenvalue weighted by Crippen LogP contribution is 2.35. The van der Waals surface area contributed by atoms with Gasteiger partial charge in [-0.1, -0.05) is 6.42 Å². The van der Waals surface area contributed by atoms with E-state index in [4.69, 9.17) is 20.2 Å². The Morgan fingerprint density at radius 3 is 2.95 bits per heavy atom. The van der Waals surface area contributed by atoms with Crippen molar-refractivity contribution in [3.05, 3.63) is 23.3 Å². The largest absolute Gasteiger partial charge is 0.381 e. The minimum Gasteiger partial charge on any atom is -0.381 e. The summed E-state index contributed by atoms with van der Waals surface area (Å²) in [7, 11) is 0. The third-order valence-corrected chi connectivity index (χ3v) is 4.61. The summed E-state index contributed by atoms with van der Waals surface area (Å²) in [5, 5.41) is 0. The van der Waals surface area contributed by atoms with Gasteiger partial charge in [0.25, 0.3) is 0 Å². The Labute approximate surface area is 126 Å². The van der Waals surface area contributed by atoms with Crippen LogP contribution in [0.15, 0.2) is 6.20 Å². The third kappa shape index (κ3) is 2.96. The molecule has 1 atom stereocenters. The highest BCUT2D eigenvalue weighted by atomic mass is 16.5. The van der Waals surface area contributed by atoms with Gasteiger partial charge in [-0.05, 0) is 26.2 Å². The summed E-state index contributed by atoms with van der Waals surface area (Å²) in [6.07, 6.45) is 7.93. The Morgan fingerprint density at radius 1 is 1.38 bits per heavy atom. The van der Waals surface area contributed by atoms with Crippen molar-refractivity contribution in [2.45, 2.75) is 57.1 Å². The number of hydrogen-bond donors (Lipinski definition) is 1. The first-order valence-electron chi connectivity index (χ1n) is 8.09. The topological polar surface area (TPSA) is 70.3 Å². The Morgan fingerprint density at radius 2 is 2.19 bits per heavy atom. The summed E-state index contributed by atoms with van der Waals surface area (Å²) < 4.78 is 11.6. The van der Waals surface area contributed by atoms with Crippen LogP contribution in [0.25, 0.3) is 0 Å². The summed E-state index contributed by atoms with van der Waals surface area (Å²) in [5.41, 5.74) is 8.10. The van der Waals surface area contributed by atoms with Gasteiger partial charge in [-0.15, -0.1) is 0 Å². The summed E-state index contributed by atoms with van der Waals surface area (Å²) in [6, 6.07) is 0.0780. The van der Waals surface area contributed by atoms with E-state index < -0.39 is 0 Å². The molecule has 0 saturated carbocycles. The molecule has 0 amide bonds. The van der Waals surface area contributed by atoms with E-state index in [-0.39, 0.29) is 11.6 Å². The van der Waals surface area contributed by atoms with Gasteiger partial charge in [0.05, 0.1) is 0 Å². The van der Waals surface area contributed by atoms with Gasteiger partial charge in [0, 0.05) is 56.2 Å². The molecule has 1 aromatic rings. The van der Waals surface area contributed by atoms with Crippen molar-refractivity contribution in [2.75, 3.05) is 19.8 Å². The van der Waals surface area contributed by atoms with Crippen LogP contribution in [-0.4, -0.2) is 29.8 Å². The molecule has 1 aliphatic heterocycles. The molecule has 1 saturated heterocycles. The maximum absolute atomic E-state index is 6.24. The summed E-state index contributed by atoms with van der Waals surface area (Å²) in [4.78, 5) is 9.49. The first kappa shape index (κ1) is 14.9. The van der Waals surface area contributed by atoms with E-state index in [1.807, 2.05) is 13.1 Å². The van der Waals surface area contributed by atoms with Crippen molar-refractivity contribution in [1.82, 2.24) is 9.97 Å². The van der Waals surface area contributed by atoms with Gasteiger partial charge in [0.15, 0.2) is 5.82 Å². The summed E-state index contributed by atoms with van der Waals surface area (Å²) in [6.45, 7) is 4.11. The number of rotatable bonds is 3. The van der Waals surface area contributed by atoms with E-state index in [1.165, 1.54) is 0 Å². The quantitative estimate of drug-likeness (QED) is 0.865. The predicted molar refractivity (Wildman–Crippen MR) is 79.9 cm³/mol. The molecule has 1 aliphatic carbocycles. The molecule has 0 aromatic carbocycles. The van der Waals surface area contributed by atoms with Crippen molar-refractivity contribution in [3.8, 4) is 0 Å². The zero-order chi connectivity index (χ0) is 14.7. The molecule has 21 heavy (non-hydrogen) atoms. The van der Waals surface area contributed by atoms with Crippen LogP contribution >= 0.6 is 0 Å².